The SMILES string of the molecule is O=C(c1nccs1)N1CCc2[nH]cnc2[C@@H]1c1cc2c(F)cccc2o1. The van der Waals surface area contributed by atoms with Crippen molar-refractivity contribution in [1.29, 1.82) is 0 Å². The Balaban J connectivity index is 1.66. The zero-order valence-electron chi connectivity index (χ0n) is 13.5. The van der Waals surface area contributed by atoms with E-state index in [-0.39, 0.29) is 11.7 Å². The van der Waals surface area contributed by atoms with E-state index in [9.17, 15) is 9.18 Å². The average molecular weight is 368 g/mol. The van der Waals surface area contributed by atoms with Crippen molar-refractivity contribution in [3.05, 3.63) is 70.1 Å². The Morgan fingerprint density at radius 3 is 3.12 bits per heavy atom. The van der Waals surface area contributed by atoms with Gasteiger partial charge in [0.1, 0.15) is 23.2 Å². The number of hydrogen-bond acceptors (Lipinski definition) is 5. The zero-order chi connectivity index (χ0) is 17.7. The summed E-state index contributed by atoms with van der Waals surface area (Å²) in [5, 5.41) is 2.58. The van der Waals surface area contributed by atoms with Gasteiger partial charge in [-0.3, -0.25) is 4.79 Å². The lowest BCUT2D eigenvalue weighted by Crippen LogP contribution is -2.40. The fourth-order valence-electron chi connectivity index (χ4n) is 3.42. The van der Waals surface area contributed by atoms with Crippen molar-refractivity contribution in [3.63, 3.8) is 0 Å². The Bertz CT molecular complexity index is 1100. The lowest BCUT2D eigenvalue weighted by atomic mass is 10.00. The number of carbonyl (C=O) groups excluding carboxylic acids is 1. The monoisotopic (exact) mass is 368 g/mol. The van der Waals surface area contributed by atoms with Crippen LogP contribution in [0.1, 0.15) is 33.0 Å². The number of benzene rings is 1. The highest BCUT2D eigenvalue weighted by Crippen LogP contribution is 2.37. The van der Waals surface area contributed by atoms with E-state index >= 15 is 0 Å². The summed E-state index contributed by atoms with van der Waals surface area (Å²) < 4.78 is 20.0. The molecule has 1 atom stereocenters. The summed E-state index contributed by atoms with van der Waals surface area (Å²) in [6, 6.07) is 5.84. The van der Waals surface area contributed by atoms with Crippen molar-refractivity contribution < 1.29 is 13.6 Å². The Morgan fingerprint density at radius 1 is 1.38 bits per heavy atom. The molecule has 0 radical (unpaired) electrons. The average Bonchev–Trinajstić information content (AvgIpc) is 3.39. The van der Waals surface area contributed by atoms with E-state index in [2.05, 4.69) is 15.0 Å². The van der Waals surface area contributed by atoms with Crippen LogP contribution in [0.3, 0.4) is 0 Å². The van der Waals surface area contributed by atoms with Gasteiger partial charge in [0.05, 0.1) is 17.4 Å². The number of furan rings is 1. The molecule has 0 saturated heterocycles. The highest BCUT2D eigenvalue weighted by Gasteiger charge is 2.37. The van der Waals surface area contributed by atoms with Gasteiger partial charge in [0, 0.05) is 30.2 Å². The summed E-state index contributed by atoms with van der Waals surface area (Å²) in [5.74, 6) is -0.0454. The highest BCUT2D eigenvalue weighted by molar-refractivity contribution is 7.11. The lowest BCUT2D eigenvalue weighted by molar-refractivity contribution is 0.0672. The number of hydrogen-bond donors (Lipinski definition) is 1. The van der Waals surface area contributed by atoms with Gasteiger partial charge < -0.3 is 14.3 Å². The molecule has 1 aliphatic heterocycles. The van der Waals surface area contributed by atoms with Gasteiger partial charge in [-0.15, -0.1) is 11.3 Å². The third kappa shape index (κ3) is 2.26. The van der Waals surface area contributed by atoms with Crippen LogP contribution in [0.15, 0.2) is 46.6 Å². The van der Waals surface area contributed by atoms with Crippen molar-refractivity contribution in [1.82, 2.24) is 19.9 Å². The van der Waals surface area contributed by atoms with Gasteiger partial charge in [0.25, 0.3) is 5.91 Å². The molecule has 4 aromatic rings. The van der Waals surface area contributed by atoms with Crippen LogP contribution in [-0.4, -0.2) is 32.3 Å². The molecule has 3 aromatic heterocycles. The molecule has 1 aliphatic rings. The Morgan fingerprint density at radius 2 is 2.31 bits per heavy atom. The number of rotatable bonds is 2. The fraction of sp³-hybridized carbons (Fsp3) is 0.167. The topological polar surface area (TPSA) is 75.0 Å². The second-order valence-electron chi connectivity index (χ2n) is 6.06. The van der Waals surface area contributed by atoms with Crippen molar-refractivity contribution in [2.75, 3.05) is 6.54 Å². The van der Waals surface area contributed by atoms with Crippen LogP contribution in [0.5, 0.6) is 0 Å². The van der Waals surface area contributed by atoms with Crippen molar-refractivity contribution in [2.24, 2.45) is 0 Å². The van der Waals surface area contributed by atoms with E-state index in [4.69, 9.17) is 4.42 Å². The number of fused-ring (bicyclic) bond motifs is 2. The maximum absolute atomic E-state index is 14.1. The van der Waals surface area contributed by atoms with Gasteiger partial charge in [-0.25, -0.2) is 14.4 Å². The van der Waals surface area contributed by atoms with Crippen molar-refractivity contribution in [3.8, 4) is 0 Å². The highest BCUT2D eigenvalue weighted by atomic mass is 32.1. The predicted molar refractivity (Wildman–Crippen MR) is 93.5 cm³/mol. The smallest absolute Gasteiger partial charge is 0.283 e. The normalized spacial score (nSPS) is 16.8. The molecule has 0 aliphatic carbocycles. The van der Waals surface area contributed by atoms with Crippen LogP contribution >= 0.6 is 11.3 Å². The number of nitrogens with one attached hydrogen (secondary N) is 1. The van der Waals surface area contributed by atoms with E-state index in [1.165, 1.54) is 17.4 Å². The molecule has 8 heteroatoms. The molecule has 0 spiro atoms. The molecule has 0 unspecified atom stereocenters. The number of amides is 1. The third-order valence-corrected chi connectivity index (χ3v) is 5.36. The molecule has 5 rings (SSSR count). The van der Waals surface area contributed by atoms with Gasteiger partial charge >= 0.3 is 0 Å². The summed E-state index contributed by atoms with van der Waals surface area (Å²) in [5.41, 5.74) is 2.13. The molecule has 0 fully saturated rings. The molecule has 6 nitrogen and oxygen atoms in total. The van der Waals surface area contributed by atoms with E-state index in [0.717, 1.165) is 11.4 Å². The molecule has 26 heavy (non-hydrogen) atoms. The summed E-state index contributed by atoms with van der Waals surface area (Å²) in [6.45, 7) is 0.498. The maximum Gasteiger partial charge on any atom is 0.283 e. The van der Waals surface area contributed by atoms with E-state index in [1.807, 2.05) is 0 Å². The number of imidazole rings is 1. The first-order valence-corrected chi connectivity index (χ1v) is 9.01. The Kier molecular flexibility index (Phi) is 3.39. The Labute approximate surface area is 151 Å². The van der Waals surface area contributed by atoms with Crippen LogP contribution in [0.4, 0.5) is 4.39 Å². The lowest BCUT2D eigenvalue weighted by Gasteiger charge is -2.33. The van der Waals surface area contributed by atoms with Crippen molar-refractivity contribution in [2.45, 2.75) is 12.5 Å². The molecule has 0 saturated carbocycles. The summed E-state index contributed by atoms with van der Waals surface area (Å²) >= 11 is 1.29. The third-order valence-electron chi connectivity index (χ3n) is 4.60. The minimum Gasteiger partial charge on any atom is -0.458 e. The van der Waals surface area contributed by atoms with Gasteiger partial charge in [-0.2, -0.15) is 0 Å². The van der Waals surface area contributed by atoms with Gasteiger partial charge in [0.2, 0.25) is 0 Å². The number of H-pyrrole nitrogens is 1. The molecule has 1 aromatic carbocycles. The summed E-state index contributed by atoms with van der Waals surface area (Å²) in [6.07, 6.45) is 3.88. The maximum atomic E-state index is 14.1. The van der Waals surface area contributed by atoms with E-state index in [1.54, 1.807) is 41.0 Å². The Hall–Kier alpha value is -3.00. The molecule has 0 bridgehead atoms. The molecule has 1 N–H and O–H groups in total. The first kappa shape index (κ1) is 15.3. The van der Waals surface area contributed by atoms with E-state index < -0.39 is 6.04 Å². The minimum absolute atomic E-state index is 0.181. The van der Waals surface area contributed by atoms with Crippen LogP contribution in [0.2, 0.25) is 0 Å². The summed E-state index contributed by atoms with van der Waals surface area (Å²) in [7, 11) is 0. The quantitative estimate of drug-likeness (QED) is 0.587. The van der Waals surface area contributed by atoms with Gasteiger partial charge in [-0.1, -0.05) is 6.07 Å². The number of halogens is 1. The number of thiazole rings is 1. The standard InChI is InChI=1S/C18H13FN4O2S/c19-11-2-1-3-13-10(11)8-14(25-13)16-15-12(21-9-22-15)4-6-23(16)18(24)17-20-5-7-26-17/h1-3,5,7-9,16H,4,6H2,(H,21,22)/t16-/m0/s1. The predicted octanol–water partition coefficient (Wildman–Crippen LogP) is 3.54. The van der Waals surface area contributed by atoms with Gasteiger partial charge in [-0.05, 0) is 18.2 Å². The van der Waals surface area contributed by atoms with E-state index in [0.29, 0.717) is 34.7 Å². The van der Waals surface area contributed by atoms with Crippen molar-refractivity contribution >= 4 is 28.2 Å². The van der Waals surface area contributed by atoms with Crippen LogP contribution in [-0.2, 0) is 6.42 Å². The minimum atomic E-state index is -0.520. The second-order valence-corrected chi connectivity index (χ2v) is 6.95. The zero-order valence-corrected chi connectivity index (χ0v) is 14.3. The van der Waals surface area contributed by atoms with Crippen LogP contribution in [0, 0.1) is 5.82 Å². The number of nitrogens with zero attached hydrogens (tertiary/aromatic N) is 3. The number of aromatic amines is 1. The first-order valence-electron chi connectivity index (χ1n) is 8.13. The number of aromatic nitrogens is 3. The number of carbonyl (C=O) groups is 1. The van der Waals surface area contributed by atoms with Crippen LogP contribution in [0.25, 0.3) is 11.0 Å². The van der Waals surface area contributed by atoms with Crippen LogP contribution < -0.4 is 0 Å². The fourth-order valence-corrected chi connectivity index (χ4v) is 4.01. The molecule has 4 heterocycles. The summed E-state index contributed by atoms with van der Waals surface area (Å²) in [4.78, 5) is 26.3. The van der Waals surface area contributed by atoms with Gasteiger partial charge in [0.15, 0.2) is 5.01 Å². The molecular formula is C18H13FN4O2S. The first-order chi connectivity index (χ1) is 12.7. The molecule has 1 amide bonds. The second kappa shape index (κ2) is 5.77. The molecule has 130 valence electrons. The largest absolute Gasteiger partial charge is 0.458 e. The molecular weight excluding hydrogens is 355 g/mol.